The molecular formula is C41H65ClN6O16. The molecule has 1 aliphatic rings. The van der Waals surface area contributed by atoms with Gasteiger partial charge in [0, 0.05) is 31.1 Å². The van der Waals surface area contributed by atoms with E-state index in [-0.39, 0.29) is 19.6 Å². The van der Waals surface area contributed by atoms with Crippen LogP contribution in [-0.4, -0.2) is 179 Å². The van der Waals surface area contributed by atoms with Crippen LogP contribution in [0.5, 0.6) is 0 Å². The fraction of sp³-hybridized carbons (Fsp3) is 0.707. The number of aliphatic carboxylic acids is 1. The number of carbonyl (C=O) groups is 4. The van der Waals surface area contributed by atoms with Gasteiger partial charge in [0.05, 0.1) is 90.3 Å². The van der Waals surface area contributed by atoms with Gasteiger partial charge in [-0.3, -0.25) is 14.3 Å². The van der Waals surface area contributed by atoms with E-state index in [0.717, 1.165) is 12.8 Å². The topological polar surface area (TPSA) is 301 Å². The molecule has 1 aromatic carbocycles. The van der Waals surface area contributed by atoms with Crippen LogP contribution >= 0.6 is 11.6 Å². The predicted octanol–water partition coefficient (Wildman–Crippen LogP) is 0.0881. The van der Waals surface area contributed by atoms with Crippen LogP contribution in [0.4, 0.5) is 4.79 Å². The highest BCUT2D eigenvalue weighted by atomic mass is 35.5. The van der Waals surface area contributed by atoms with Gasteiger partial charge in [0.1, 0.15) is 30.1 Å². The number of carboxylic acids is 1. The molecule has 23 heteroatoms. The molecule has 64 heavy (non-hydrogen) atoms. The maximum Gasteiger partial charge on any atom is 0.407 e. The summed E-state index contributed by atoms with van der Waals surface area (Å²) in [5, 5.41) is 68.6. The third-order valence-electron chi connectivity index (χ3n) is 9.37. The lowest BCUT2D eigenvalue weighted by Crippen LogP contribution is -2.68. The molecule has 0 spiro atoms. The van der Waals surface area contributed by atoms with E-state index >= 15 is 0 Å². The number of carboxylic acid groups (broad SMARTS) is 1. The highest BCUT2D eigenvalue weighted by molar-refractivity contribution is 6.30. The molecule has 8 N–H and O–H groups in total. The molecule has 1 aromatic heterocycles. The van der Waals surface area contributed by atoms with Gasteiger partial charge in [-0.1, -0.05) is 41.8 Å². The van der Waals surface area contributed by atoms with Crippen LogP contribution in [0.15, 0.2) is 30.5 Å². The third-order valence-corrected chi connectivity index (χ3v) is 9.62. The number of hydrogen-bond donors (Lipinski definition) is 8. The second-order valence-corrected chi connectivity index (χ2v) is 16.3. The highest BCUT2D eigenvalue weighted by Gasteiger charge is 2.55. The lowest BCUT2D eigenvalue weighted by atomic mass is 9.88. The average molecular weight is 933 g/mol. The standard InChI is InChI=1S/C41H65ClN6O16/c1-40(2,3)64-39(57)43-12-15-58-16-17-59-18-19-60-20-21-61-27-30-25-48(47-46-30)13-6-4-5-7-14-62-41(38(55)56)23-31(50)35(45-34(53)26-49)37(63-41)36(54)32(51)24-44-33(52)22-28-8-10-29(42)11-9-28/h8-11,25,31-32,35-37,49-51,54H,4-7,12-24,26-27H2,1-3H3,(H,43,57)(H,44,52)(H,45,53)(H,55,56)/t31-,32+,35+,36+,37+,41+/m0/s1. The Hall–Kier alpha value is -4.07. The van der Waals surface area contributed by atoms with E-state index in [2.05, 4.69) is 26.3 Å². The Kier molecular flexibility index (Phi) is 24.4. The number of ether oxygens (including phenoxy) is 7. The second kappa shape index (κ2) is 28.8. The molecule has 1 saturated heterocycles. The molecule has 6 atom stereocenters. The Bertz CT molecular complexity index is 1680. The average Bonchev–Trinajstić information content (AvgIpc) is 3.70. The quantitative estimate of drug-likeness (QED) is 0.0465. The highest BCUT2D eigenvalue weighted by Crippen LogP contribution is 2.34. The van der Waals surface area contributed by atoms with Crippen molar-refractivity contribution in [3.63, 3.8) is 0 Å². The van der Waals surface area contributed by atoms with Crippen molar-refractivity contribution in [3.05, 3.63) is 46.7 Å². The summed E-state index contributed by atoms with van der Waals surface area (Å²) >= 11 is 5.89. The van der Waals surface area contributed by atoms with Crippen LogP contribution in [0.2, 0.25) is 5.02 Å². The van der Waals surface area contributed by atoms with Crippen molar-refractivity contribution >= 4 is 35.5 Å². The van der Waals surface area contributed by atoms with Crippen LogP contribution in [0.3, 0.4) is 0 Å². The molecule has 2 heterocycles. The molecule has 1 fully saturated rings. The first-order valence-corrected chi connectivity index (χ1v) is 21.6. The van der Waals surface area contributed by atoms with Crippen molar-refractivity contribution in [2.75, 3.05) is 72.6 Å². The summed E-state index contributed by atoms with van der Waals surface area (Å²) in [5.74, 6) is -5.50. The number of halogens is 1. The first kappa shape index (κ1) is 54.3. The molecular weight excluding hydrogens is 868 g/mol. The van der Waals surface area contributed by atoms with E-state index in [9.17, 15) is 44.7 Å². The number of aliphatic hydroxyl groups is 4. The molecule has 0 aliphatic carbocycles. The van der Waals surface area contributed by atoms with Crippen molar-refractivity contribution in [1.29, 1.82) is 0 Å². The number of nitrogens with one attached hydrogen (secondary N) is 3. The minimum absolute atomic E-state index is 0.0576. The van der Waals surface area contributed by atoms with Crippen LogP contribution in [0.1, 0.15) is 64.1 Å². The molecule has 0 saturated carbocycles. The molecule has 0 unspecified atom stereocenters. The fourth-order valence-electron chi connectivity index (χ4n) is 6.21. The maximum atomic E-state index is 12.6. The summed E-state index contributed by atoms with van der Waals surface area (Å²) in [5.41, 5.74) is 0.740. The summed E-state index contributed by atoms with van der Waals surface area (Å²) in [6.07, 6.45) is -3.96. The SMILES string of the molecule is CC(C)(C)OC(=O)NCCOCCOCCOCCOCc1cn(CCCCCCO[C@]2(C(=O)O)C[C@H](O)[C@@H](NC(=O)CO)[C@H]([C@H](O)[C@H](O)CNC(=O)Cc3ccc(Cl)cc3)O2)nn1. The summed E-state index contributed by atoms with van der Waals surface area (Å²) < 4.78 is 40.3. The number of aromatic nitrogens is 3. The zero-order chi connectivity index (χ0) is 47.0. The van der Waals surface area contributed by atoms with Crippen molar-refractivity contribution in [3.8, 4) is 0 Å². The number of hydrogen-bond acceptors (Lipinski definition) is 17. The van der Waals surface area contributed by atoms with Gasteiger partial charge in [0.25, 0.3) is 5.79 Å². The van der Waals surface area contributed by atoms with Crippen LogP contribution in [-0.2, 0) is 67.1 Å². The molecule has 0 bridgehead atoms. The van der Waals surface area contributed by atoms with Gasteiger partial charge >= 0.3 is 12.1 Å². The summed E-state index contributed by atoms with van der Waals surface area (Å²) in [6, 6.07) is 5.07. The Balaban J connectivity index is 1.30. The van der Waals surface area contributed by atoms with Gasteiger partial charge in [-0.25, -0.2) is 9.59 Å². The van der Waals surface area contributed by atoms with Crippen LogP contribution < -0.4 is 16.0 Å². The lowest BCUT2D eigenvalue weighted by Gasteiger charge is -2.46. The largest absolute Gasteiger partial charge is 0.477 e. The molecule has 3 amide bonds. The monoisotopic (exact) mass is 932 g/mol. The van der Waals surface area contributed by atoms with Gasteiger partial charge in [-0.15, -0.1) is 5.10 Å². The number of alkyl carbamates (subject to hydrolysis) is 1. The number of rotatable bonds is 31. The molecule has 2 aromatic rings. The first-order valence-electron chi connectivity index (χ1n) is 21.2. The van der Waals surface area contributed by atoms with Crippen molar-refractivity contribution in [2.24, 2.45) is 0 Å². The van der Waals surface area contributed by atoms with Gasteiger partial charge < -0.3 is 74.6 Å². The zero-order valence-electron chi connectivity index (χ0n) is 36.7. The van der Waals surface area contributed by atoms with E-state index in [0.29, 0.717) is 88.5 Å². The number of aliphatic hydroxyl groups excluding tert-OH is 4. The Morgan fingerprint density at radius 3 is 2.19 bits per heavy atom. The number of nitrogens with zero attached hydrogens (tertiary/aromatic N) is 3. The minimum atomic E-state index is -2.45. The lowest BCUT2D eigenvalue weighted by molar-refractivity contribution is -0.310. The van der Waals surface area contributed by atoms with E-state index < -0.39 is 85.3 Å². The minimum Gasteiger partial charge on any atom is -0.477 e. The van der Waals surface area contributed by atoms with Crippen molar-refractivity contribution in [1.82, 2.24) is 30.9 Å². The molecule has 22 nitrogen and oxygen atoms in total. The van der Waals surface area contributed by atoms with Gasteiger partial charge in [-0.05, 0) is 51.3 Å². The normalized spacial score (nSPS) is 19.7. The van der Waals surface area contributed by atoms with Gasteiger partial charge in [0.2, 0.25) is 11.8 Å². The Morgan fingerprint density at radius 1 is 0.906 bits per heavy atom. The van der Waals surface area contributed by atoms with E-state index in [1.807, 2.05) is 0 Å². The maximum absolute atomic E-state index is 12.6. The predicted molar refractivity (Wildman–Crippen MR) is 226 cm³/mol. The van der Waals surface area contributed by atoms with E-state index in [1.165, 1.54) is 0 Å². The molecule has 1 aliphatic heterocycles. The Morgan fingerprint density at radius 2 is 1.55 bits per heavy atom. The number of unbranched alkanes of at least 4 members (excludes halogenated alkanes) is 3. The fourth-order valence-corrected chi connectivity index (χ4v) is 6.34. The van der Waals surface area contributed by atoms with Crippen molar-refractivity contribution < 1.29 is 77.9 Å². The van der Waals surface area contributed by atoms with Gasteiger partial charge in [0.15, 0.2) is 0 Å². The number of amides is 3. The number of benzene rings is 1. The Labute approximate surface area is 377 Å². The molecule has 362 valence electrons. The number of aryl methyl sites for hydroxylation is 1. The second-order valence-electron chi connectivity index (χ2n) is 15.9. The first-order chi connectivity index (χ1) is 30.5. The summed E-state index contributed by atoms with van der Waals surface area (Å²) in [6.45, 7) is 7.61. The van der Waals surface area contributed by atoms with E-state index in [4.69, 9.17) is 44.8 Å². The molecule has 0 radical (unpaired) electrons. The molecule has 3 rings (SSSR count). The van der Waals surface area contributed by atoms with Crippen LogP contribution in [0.25, 0.3) is 0 Å². The summed E-state index contributed by atoms with van der Waals surface area (Å²) in [4.78, 5) is 48.7. The third kappa shape index (κ3) is 20.8. The number of carbonyl (C=O) groups excluding carboxylic acids is 3. The van der Waals surface area contributed by atoms with Crippen molar-refractivity contribution in [2.45, 2.75) is 114 Å². The van der Waals surface area contributed by atoms with Gasteiger partial charge in [-0.2, -0.15) is 0 Å². The smallest absolute Gasteiger partial charge is 0.407 e. The summed E-state index contributed by atoms with van der Waals surface area (Å²) in [7, 11) is 0. The van der Waals surface area contributed by atoms with E-state index in [1.54, 1.807) is 55.9 Å². The zero-order valence-corrected chi connectivity index (χ0v) is 37.4. The van der Waals surface area contributed by atoms with Crippen LogP contribution in [0, 0.1) is 0 Å².